The van der Waals surface area contributed by atoms with Gasteiger partial charge in [0.1, 0.15) is 0 Å². The normalized spacial score (nSPS) is 18.8. The Balaban J connectivity index is 1.63. The molecule has 0 aliphatic carbocycles. The molecule has 0 saturated carbocycles. The lowest BCUT2D eigenvalue weighted by molar-refractivity contribution is -0.00261. The topological polar surface area (TPSA) is 30.3 Å². The van der Waals surface area contributed by atoms with E-state index in [4.69, 9.17) is 4.74 Å². The smallest absolute Gasteiger partial charge is 0.0702 e. The minimum atomic E-state index is 0.392. The summed E-state index contributed by atoms with van der Waals surface area (Å²) in [6.07, 6.45) is 6.23. The molecule has 1 atom stereocenters. The van der Waals surface area contributed by atoms with Crippen molar-refractivity contribution in [1.29, 1.82) is 0 Å². The molecule has 4 nitrogen and oxygen atoms in total. The van der Waals surface area contributed by atoms with E-state index in [9.17, 15) is 0 Å². The molecule has 1 aliphatic rings. The van der Waals surface area contributed by atoms with Gasteiger partial charge in [0.05, 0.1) is 17.5 Å². The third-order valence-electron chi connectivity index (χ3n) is 4.25. The molecule has 1 aromatic carbocycles. The number of hydrogen-bond donors (Lipinski definition) is 0. The monoisotopic (exact) mass is 299 g/mol. The Morgan fingerprint density at radius 1 is 1.27 bits per heavy atom. The van der Waals surface area contributed by atoms with Crippen LogP contribution in [0.5, 0.6) is 0 Å². The molecule has 0 bridgehead atoms. The molecule has 1 fully saturated rings. The van der Waals surface area contributed by atoms with Crippen LogP contribution < -0.4 is 0 Å². The summed E-state index contributed by atoms with van der Waals surface area (Å²) in [5.74, 6) is 0. The number of ether oxygens (including phenoxy) is 1. The van der Waals surface area contributed by atoms with E-state index in [1.54, 1.807) is 0 Å². The van der Waals surface area contributed by atoms with E-state index in [0.29, 0.717) is 6.10 Å². The molecule has 1 aliphatic heterocycles. The molecule has 1 unspecified atom stereocenters. The van der Waals surface area contributed by atoms with Crippen molar-refractivity contribution >= 4 is 0 Å². The highest BCUT2D eigenvalue weighted by Gasteiger charge is 2.17. The van der Waals surface area contributed by atoms with Gasteiger partial charge in [0.25, 0.3) is 0 Å². The van der Waals surface area contributed by atoms with E-state index in [0.717, 1.165) is 31.1 Å². The minimum absolute atomic E-state index is 0.392. The minimum Gasteiger partial charge on any atom is -0.377 e. The number of benzene rings is 1. The van der Waals surface area contributed by atoms with Crippen molar-refractivity contribution in [3.05, 3.63) is 47.8 Å². The first-order valence-corrected chi connectivity index (χ1v) is 8.13. The SMILES string of the molecule is Cc1nn(-c2ccccc2)cc1CN(C)CC1CCCCO1. The molecular weight excluding hydrogens is 274 g/mol. The number of likely N-dealkylation sites (N-methyl/N-ethyl adjacent to an activating group) is 1. The van der Waals surface area contributed by atoms with Gasteiger partial charge in [0.15, 0.2) is 0 Å². The third kappa shape index (κ3) is 3.76. The number of para-hydroxylation sites is 1. The Morgan fingerprint density at radius 2 is 2.09 bits per heavy atom. The fraction of sp³-hybridized carbons (Fsp3) is 0.500. The van der Waals surface area contributed by atoms with E-state index < -0.39 is 0 Å². The molecular formula is C18H25N3O. The van der Waals surface area contributed by atoms with Crippen LogP contribution in [0.1, 0.15) is 30.5 Å². The first kappa shape index (κ1) is 15.3. The molecule has 2 heterocycles. The van der Waals surface area contributed by atoms with Crippen molar-refractivity contribution in [3.63, 3.8) is 0 Å². The summed E-state index contributed by atoms with van der Waals surface area (Å²) in [5.41, 5.74) is 3.48. The Bertz CT molecular complexity index is 588. The van der Waals surface area contributed by atoms with Crippen LogP contribution in [0.3, 0.4) is 0 Å². The zero-order valence-corrected chi connectivity index (χ0v) is 13.5. The van der Waals surface area contributed by atoms with Crippen LogP contribution in [0.25, 0.3) is 5.69 Å². The van der Waals surface area contributed by atoms with Crippen molar-refractivity contribution in [2.45, 2.75) is 38.8 Å². The lowest BCUT2D eigenvalue weighted by Crippen LogP contribution is -2.33. The van der Waals surface area contributed by atoms with Crippen LogP contribution in [-0.2, 0) is 11.3 Å². The highest BCUT2D eigenvalue weighted by atomic mass is 16.5. The van der Waals surface area contributed by atoms with Gasteiger partial charge in [-0.1, -0.05) is 18.2 Å². The fourth-order valence-corrected chi connectivity index (χ4v) is 3.02. The molecule has 1 aromatic heterocycles. The molecule has 2 aromatic rings. The molecule has 0 radical (unpaired) electrons. The summed E-state index contributed by atoms with van der Waals surface area (Å²) in [6, 6.07) is 10.3. The number of rotatable bonds is 5. The Labute approximate surface area is 132 Å². The second-order valence-corrected chi connectivity index (χ2v) is 6.21. The number of aromatic nitrogens is 2. The molecule has 0 amide bonds. The van der Waals surface area contributed by atoms with Gasteiger partial charge < -0.3 is 4.74 Å². The van der Waals surface area contributed by atoms with Crippen LogP contribution in [0.15, 0.2) is 36.5 Å². The standard InChI is InChI=1S/C18H25N3O/c1-15-16(12-20(2)14-18-10-6-7-11-22-18)13-21(19-15)17-8-4-3-5-9-17/h3-5,8-9,13,18H,6-7,10-12,14H2,1-2H3. The fourth-order valence-electron chi connectivity index (χ4n) is 3.02. The van der Waals surface area contributed by atoms with Crippen molar-refractivity contribution in [2.24, 2.45) is 0 Å². The van der Waals surface area contributed by atoms with Gasteiger partial charge in [-0.15, -0.1) is 0 Å². The van der Waals surface area contributed by atoms with Gasteiger partial charge in [-0.25, -0.2) is 4.68 Å². The zero-order chi connectivity index (χ0) is 15.4. The van der Waals surface area contributed by atoms with Gasteiger partial charge in [0, 0.05) is 31.5 Å². The summed E-state index contributed by atoms with van der Waals surface area (Å²) < 4.78 is 7.80. The molecule has 4 heteroatoms. The van der Waals surface area contributed by atoms with Crippen LogP contribution in [0.2, 0.25) is 0 Å². The van der Waals surface area contributed by atoms with Crippen LogP contribution in [-0.4, -0.2) is 41.0 Å². The van der Waals surface area contributed by atoms with Gasteiger partial charge in [0.2, 0.25) is 0 Å². The molecule has 0 N–H and O–H groups in total. The van der Waals surface area contributed by atoms with Crippen molar-refractivity contribution in [1.82, 2.24) is 14.7 Å². The van der Waals surface area contributed by atoms with Crippen molar-refractivity contribution in [2.75, 3.05) is 20.2 Å². The summed E-state index contributed by atoms with van der Waals surface area (Å²) >= 11 is 0. The van der Waals surface area contributed by atoms with Gasteiger partial charge in [-0.3, -0.25) is 4.90 Å². The molecule has 22 heavy (non-hydrogen) atoms. The molecule has 118 valence electrons. The average molecular weight is 299 g/mol. The van der Waals surface area contributed by atoms with Crippen LogP contribution >= 0.6 is 0 Å². The molecule has 3 rings (SSSR count). The summed E-state index contributed by atoms with van der Waals surface area (Å²) in [7, 11) is 2.16. The second-order valence-electron chi connectivity index (χ2n) is 6.21. The summed E-state index contributed by atoms with van der Waals surface area (Å²) in [5, 5.41) is 4.64. The van der Waals surface area contributed by atoms with Crippen LogP contribution in [0, 0.1) is 6.92 Å². The van der Waals surface area contributed by atoms with Gasteiger partial charge in [-0.2, -0.15) is 5.10 Å². The maximum absolute atomic E-state index is 5.83. The zero-order valence-electron chi connectivity index (χ0n) is 13.5. The molecule has 0 spiro atoms. The van der Waals surface area contributed by atoms with Crippen molar-refractivity contribution in [3.8, 4) is 5.69 Å². The first-order valence-electron chi connectivity index (χ1n) is 8.13. The lowest BCUT2D eigenvalue weighted by Gasteiger charge is -2.27. The number of aryl methyl sites for hydroxylation is 1. The Morgan fingerprint density at radius 3 is 2.82 bits per heavy atom. The second kappa shape index (κ2) is 7.07. The van der Waals surface area contributed by atoms with Crippen LogP contribution in [0.4, 0.5) is 0 Å². The lowest BCUT2D eigenvalue weighted by atomic mass is 10.1. The highest BCUT2D eigenvalue weighted by Crippen LogP contribution is 2.16. The predicted octanol–water partition coefficient (Wildman–Crippen LogP) is 3.18. The summed E-state index contributed by atoms with van der Waals surface area (Å²) in [4.78, 5) is 2.34. The number of nitrogens with zero attached hydrogens (tertiary/aromatic N) is 3. The van der Waals surface area contributed by atoms with Gasteiger partial charge >= 0.3 is 0 Å². The van der Waals surface area contributed by atoms with Crippen molar-refractivity contribution < 1.29 is 4.74 Å². The van der Waals surface area contributed by atoms with E-state index in [1.165, 1.54) is 24.8 Å². The van der Waals surface area contributed by atoms with E-state index in [2.05, 4.69) is 42.3 Å². The Kier molecular flexibility index (Phi) is 4.90. The summed E-state index contributed by atoms with van der Waals surface area (Å²) in [6.45, 7) is 4.91. The quantitative estimate of drug-likeness (QED) is 0.849. The largest absolute Gasteiger partial charge is 0.377 e. The third-order valence-corrected chi connectivity index (χ3v) is 4.25. The maximum Gasteiger partial charge on any atom is 0.0702 e. The predicted molar refractivity (Wildman–Crippen MR) is 88.2 cm³/mol. The molecule has 1 saturated heterocycles. The maximum atomic E-state index is 5.83. The average Bonchev–Trinajstić information content (AvgIpc) is 2.90. The number of hydrogen-bond acceptors (Lipinski definition) is 3. The van der Waals surface area contributed by atoms with E-state index in [1.807, 2.05) is 22.9 Å². The highest BCUT2D eigenvalue weighted by molar-refractivity contribution is 5.32. The van der Waals surface area contributed by atoms with E-state index in [-0.39, 0.29) is 0 Å². The van der Waals surface area contributed by atoms with Gasteiger partial charge in [-0.05, 0) is 45.4 Å². The first-order chi connectivity index (χ1) is 10.7. The Hall–Kier alpha value is -1.65. The van der Waals surface area contributed by atoms with E-state index >= 15 is 0 Å².